The molecule has 0 spiro atoms. The van der Waals surface area contributed by atoms with Crippen LogP contribution in [-0.4, -0.2) is 93.5 Å². The first-order valence-electron chi connectivity index (χ1n) is 18.4. The van der Waals surface area contributed by atoms with Crippen molar-refractivity contribution in [2.24, 2.45) is 0 Å². The molecule has 3 aliphatic rings. The predicted molar refractivity (Wildman–Crippen MR) is 207 cm³/mol. The number of anilines is 2. The van der Waals surface area contributed by atoms with Gasteiger partial charge in [0, 0.05) is 48.4 Å². The van der Waals surface area contributed by atoms with Gasteiger partial charge in [-0.15, -0.1) is 6.42 Å². The topological polar surface area (TPSA) is 161 Å². The van der Waals surface area contributed by atoms with E-state index in [0.29, 0.717) is 50.2 Å². The molecule has 0 unspecified atom stereocenters. The van der Waals surface area contributed by atoms with Crippen molar-refractivity contribution in [2.45, 2.75) is 43.8 Å². The number of morpholine rings is 1. The van der Waals surface area contributed by atoms with Gasteiger partial charge in [0.25, 0.3) is 5.56 Å². The van der Waals surface area contributed by atoms with E-state index in [1.807, 2.05) is 0 Å². The Bertz CT molecular complexity index is 2480. The highest BCUT2D eigenvalue weighted by Crippen LogP contribution is 2.45. The van der Waals surface area contributed by atoms with E-state index in [0.717, 1.165) is 18.4 Å². The van der Waals surface area contributed by atoms with Gasteiger partial charge in [-0.1, -0.05) is 48.4 Å². The zero-order chi connectivity index (χ0) is 39.1. The number of fused-ring (bicyclic) bond motifs is 3. The molecule has 288 valence electrons. The summed E-state index contributed by atoms with van der Waals surface area (Å²) in [4.78, 5) is 46.6. The van der Waals surface area contributed by atoms with Gasteiger partial charge in [0.05, 0.1) is 36.1 Å². The largest absolute Gasteiger partial charge is 0.461 e. The number of carbonyl (C=O) groups excluding carboxylic acids is 1. The lowest BCUT2D eigenvalue weighted by molar-refractivity contribution is 0.0139. The van der Waals surface area contributed by atoms with Gasteiger partial charge in [0.1, 0.15) is 41.6 Å². The van der Waals surface area contributed by atoms with Gasteiger partial charge in [0.15, 0.2) is 5.82 Å². The van der Waals surface area contributed by atoms with Gasteiger partial charge >= 0.3 is 12.1 Å². The molecule has 0 bridgehead atoms. The Kier molecular flexibility index (Phi) is 9.77. The van der Waals surface area contributed by atoms with Crippen LogP contribution in [0.25, 0.3) is 32.9 Å². The number of nitrogens with two attached hydrogens (primary N) is 1. The Morgan fingerprint density at radius 1 is 1.20 bits per heavy atom. The number of benzene rings is 2. The number of rotatable bonds is 9. The highest BCUT2D eigenvalue weighted by molar-refractivity contribution is 6.02. The third-order valence-electron chi connectivity index (χ3n) is 11.0. The number of halogens is 2. The summed E-state index contributed by atoms with van der Waals surface area (Å²) in [5.74, 6) is 1.10. The minimum atomic E-state index is -0.889. The summed E-state index contributed by atoms with van der Waals surface area (Å²) in [5, 5.41) is 3.87. The molecule has 0 radical (unpaired) electrons. The lowest BCUT2D eigenvalue weighted by atomic mass is 9.94. The first kappa shape index (κ1) is 36.8. The van der Waals surface area contributed by atoms with Crippen molar-refractivity contribution in [3.05, 3.63) is 93.9 Å². The second-order valence-corrected chi connectivity index (χ2v) is 14.5. The van der Waals surface area contributed by atoms with Crippen molar-refractivity contribution in [3.63, 3.8) is 0 Å². The summed E-state index contributed by atoms with van der Waals surface area (Å²) in [6.45, 7) is 8.90. The van der Waals surface area contributed by atoms with E-state index in [2.05, 4.69) is 42.7 Å². The summed E-state index contributed by atoms with van der Waals surface area (Å²) in [6.07, 6.45) is 9.01. The van der Waals surface area contributed by atoms with E-state index in [1.165, 1.54) is 12.1 Å². The fourth-order valence-electron chi connectivity index (χ4n) is 8.25. The van der Waals surface area contributed by atoms with Crippen molar-refractivity contribution in [1.29, 1.82) is 0 Å². The lowest BCUT2D eigenvalue weighted by Gasteiger charge is -2.34. The molecule has 2 aromatic carbocycles. The number of aromatic nitrogens is 4. The number of terminal acetylenes is 1. The number of aromatic amines is 1. The molecule has 4 N–H and O–H groups in total. The number of H-pyrrole nitrogens is 1. The third kappa shape index (κ3) is 6.64. The van der Waals surface area contributed by atoms with E-state index >= 15 is 4.39 Å². The number of nitrogens with one attached hydrogen (secondary N) is 2. The monoisotopic (exact) mass is 762 g/mol. The number of carbonyl (C=O) groups is 1. The highest BCUT2D eigenvalue weighted by Gasteiger charge is 2.51. The summed E-state index contributed by atoms with van der Waals surface area (Å²) in [7, 11) is 0. The standard InChI is InChI=1S/C41H40F2N8O5/c1-4-27-30(42)11-10-25-7-5-8-29(31(25)27)34-33(43)35-32(38(52)47-34)37(46-24(3)28-9-6-14-45-36(28)44)49-39(48-35)56-22-41-13-12-26(51(41)20-23(2)19-41)21-55-40(53)50-15-17-54-18-16-50/h1,5-11,14,24,26H,2,12-13,15-22H2,3H3,(H2,44,45)(H,47,52)(H,46,48,49)/t24-,26-,41-/m0/s1. The van der Waals surface area contributed by atoms with E-state index in [4.69, 9.17) is 26.4 Å². The highest BCUT2D eigenvalue weighted by atomic mass is 19.1. The van der Waals surface area contributed by atoms with E-state index in [1.54, 1.807) is 48.4 Å². The smallest absolute Gasteiger partial charge is 0.409 e. The number of ether oxygens (including phenoxy) is 3. The van der Waals surface area contributed by atoms with Crippen molar-refractivity contribution in [2.75, 3.05) is 57.1 Å². The molecule has 0 saturated carbocycles. The summed E-state index contributed by atoms with van der Waals surface area (Å²) >= 11 is 0. The molecule has 6 heterocycles. The average Bonchev–Trinajstić information content (AvgIpc) is 3.71. The maximum Gasteiger partial charge on any atom is 0.409 e. The minimum Gasteiger partial charge on any atom is -0.461 e. The van der Waals surface area contributed by atoms with Crippen molar-refractivity contribution < 1.29 is 27.8 Å². The number of nitrogen functional groups attached to an aromatic ring is 1. The molecular formula is C41H40F2N8O5. The maximum atomic E-state index is 17.0. The molecule has 15 heteroatoms. The van der Waals surface area contributed by atoms with Crippen LogP contribution >= 0.6 is 0 Å². The Morgan fingerprint density at radius 3 is 2.80 bits per heavy atom. The summed E-state index contributed by atoms with van der Waals surface area (Å²) in [5.41, 5.74) is 6.17. The van der Waals surface area contributed by atoms with Crippen LogP contribution in [0.15, 0.2) is 65.6 Å². The molecule has 1 amide bonds. The molecule has 3 aliphatic heterocycles. The number of pyridine rings is 2. The van der Waals surface area contributed by atoms with E-state index < -0.39 is 28.8 Å². The molecule has 13 nitrogen and oxygen atoms in total. The van der Waals surface area contributed by atoms with E-state index in [-0.39, 0.29) is 76.1 Å². The maximum absolute atomic E-state index is 17.0. The van der Waals surface area contributed by atoms with Crippen molar-refractivity contribution in [3.8, 4) is 29.6 Å². The predicted octanol–water partition coefficient (Wildman–Crippen LogP) is 5.56. The number of hydrogen-bond donors (Lipinski definition) is 3. The van der Waals surface area contributed by atoms with Gasteiger partial charge in [-0.3, -0.25) is 9.69 Å². The molecule has 5 aromatic rings. The Balaban J connectivity index is 1.16. The van der Waals surface area contributed by atoms with Gasteiger partial charge in [-0.2, -0.15) is 9.97 Å². The second kappa shape index (κ2) is 14.9. The molecule has 3 fully saturated rings. The Morgan fingerprint density at radius 2 is 2.02 bits per heavy atom. The van der Waals surface area contributed by atoms with Crippen LogP contribution < -0.4 is 21.3 Å². The molecular weight excluding hydrogens is 722 g/mol. The summed E-state index contributed by atoms with van der Waals surface area (Å²) < 4.78 is 49.5. The van der Waals surface area contributed by atoms with Crippen LogP contribution in [0.2, 0.25) is 0 Å². The van der Waals surface area contributed by atoms with Gasteiger partial charge in [-0.05, 0) is 43.7 Å². The second-order valence-electron chi connectivity index (χ2n) is 14.5. The SMILES string of the molecule is C#Cc1c(F)ccc2cccc(-c3[nH]c(=O)c4c(N[C@@H](C)c5cccnc5N)nc(OC[C@@]56CC[C@@H](COC(=O)N7CCOCC7)N5CC(=C)C6)nc4c3F)c12. The van der Waals surface area contributed by atoms with Crippen LogP contribution in [0.3, 0.4) is 0 Å². The van der Waals surface area contributed by atoms with Gasteiger partial charge in [-0.25, -0.2) is 18.6 Å². The molecule has 3 atom stereocenters. The van der Waals surface area contributed by atoms with Crippen LogP contribution in [0.5, 0.6) is 6.01 Å². The first-order chi connectivity index (χ1) is 27.1. The number of hydrogen-bond acceptors (Lipinski definition) is 11. The molecule has 3 saturated heterocycles. The summed E-state index contributed by atoms with van der Waals surface area (Å²) in [6, 6.07) is 10.5. The quantitative estimate of drug-likeness (QED) is 0.128. The van der Waals surface area contributed by atoms with Gasteiger partial charge < -0.3 is 35.1 Å². The normalized spacial score (nSPS) is 20.2. The van der Waals surface area contributed by atoms with Crippen molar-refractivity contribution >= 4 is 39.4 Å². The molecule has 0 aliphatic carbocycles. The van der Waals surface area contributed by atoms with Crippen molar-refractivity contribution in [1.82, 2.24) is 29.7 Å². The fraction of sp³-hybridized carbons (Fsp3) is 0.341. The van der Waals surface area contributed by atoms with Gasteiger partial charge in [0.2, 0.25) is 0 Å². The lowest BCUT2D eigenvalue weighted by Crippen LogP contribution is -2.48. The molecule has 56 heavy (non-hydrogen) atoms. The zero-order valence-electron chi connectivity index (χ0n) is 30.7. The first-order valence-corrected chi connectivity index (χ1v) is 18.4. The fourth-order valence-corrected chi connectivity index (χ4v) is 8.25. The van der Waals surface area contributed by atoms with Crippen LogP contribution in [-0.2, 0) is 9.47 Å². The number of nitrogens with zero attached hydrogens (tertiary/aromatic N) is 5. The molecule has 3 aromatic heterocycles. The average molecular weight is 763 g/mol. The van der Waals surface area contributed by atoms with Crippen LogP contribution in [0, 0.1) is 24.0 Å². The number of amides is 1. The minimum absolute atomic E-state index is 0.00485. The Hall–Kier alpha value is -6.11. The van der Waals surface area contributed by atoms with Crippen LogP contribution in [0.1, 0.15) is 43.4 Å². The van der Waals surface area contributed by atoms with Crippen LogP contribution in [0.4, 0.5) is 25.2 Å². The zero-order valence-corrected chi connectivity index (χ0v) is 30.7. The molecule has 8 rings (SSSR count). The van der Waals surface area contributed by atoms with E-state index in [9.17, 15) is 14.0 Å². The third-order valence-corrected chi connectivity index (χ3v) is 11.0. The Labute approximate surface area is 320 Å².